The molecular weight excluding hydrogens is 505 g/mol. The molecule has 2 heterocycles. The zero-order valence-electron chi connectivity index (χ0n) is 17.9. The number of benzene rings is 3. The summed E-state index contributed by atoms with van der Waals surface area (Å²) in [6.45, 7) is 0. The van der Waals surface area contributed by atoms with Crippen LogP contribution in [0.15, 0.2) is 54.7 Å². The summed E-state index contributed by atoms with van der Waals surface area (Å²) in [5, 5.41) is 2.93. The van der Waals surface area contributed by atoms with Gasteiger partial charge in [-0.05, 0) is 48.0 Å². The lowest BCUT2D eigenvalue weighted by molar-refractivity contribution is -0.137. The fraction of sp³-hybridized carbons (Fsp3) is 0.0800. The average Bonchev–Trinajstić information content (AvgIpc) is 3.16. The minimum Gasteiger partial charge on any atom is -0.366 e. The highest BCUT2D eigenvalue weighted by Crippen LogP contribution is 2.47. The maximum atomic E-state index is 14.2. The predicted molar refractivity (Wildman–Crippen MR) is 121 cm³/mol. The highest BCUT2D eigenvalue weighted by atomic mass is 35.5. The number of carbonyl (C=O) groups is 2. The Morgan fingerprint density at radius 3 is 2.47 bits per heavy atom. The molecule has 0 saturated carbocycles. The Balaban J connectivity index is 1.97. The van der Waals surface area contributed by atoms with E-state index in [1.54, 1.807) is 0 Å². The zero-order valence-corrected chi connectivity index (χ0v) is 18.6. The Bertz CT molecular complexity index is 1600. The van der Waals surface area contributed by atoms with Crippen LogP contribution >= 0.6 is 11.6 Å². The van der Waals surface area contributed by atoms with Crippen LogP contribution in [-0.4, -0.2) is 16.8 Å². The first-order valence-electron chi connectivity index (χ1n) is 10.4. The van der Waals surface area contributed by atoms with Crippen LogP contribution < -0.4 is 11.1 Å². The van der Waals surface area contributed by atoms with E-state index < -0.39 is 52.4 Å². The second-order valence-corrected chi connectivity index (χ2v) is 8.51. The minimum absolute atomic E-state index is 0.0293. The number of nitrogens with one attached hydrogen (secondary N) is 1. The van der Waals surface area contributed by atoms with Gasteiger partial charge in [0.05, 0.1) is 28.2 Å². The fourth-order valence-corrected chi connectivity index (χ4v) is 4.76. The second-order valence-electron chi connectivity index (χ2n) is 8.10. The van der Waals surface area contributed by atoms with Gasteiger partial charge in [0.1, 0.15) is 11.6 Å². The molecule has 0 fully saturated rings. The van der Waals surface area contributed by atoms with Gasteiger partial charge in [-0.25, -0.2) is 8.78 Å². The van der Waals surface area contributed by atoms with Gasteiger partial charge in [0.15, 0.2) is 0 Å². The summed E-state index contributed by atoms with van der Waals surface area (Å²) in [6, 6.07) is 7.33. The summed E-state index contributed by atoms with van der Waals surface area (Å²) in [4.78, 5) is 29.6. The first kappa shape index (κ1) is 23.7. The molecule has 11 heteroatoms. The number of primary amides is 1. The molecule has 0 bridgehead atoms. The fourth-order valence-electron chi connectivity index (χ4n) is 4.53. The van der Waals surface area contributed by atoms with E-state index in [9.17, 15) is 31.5 Å². The molecule has 1 unspecified atom stereocenters. The number of nitrogens with zero attached hydrogens (tertiary/aromatic N) is 1. The largest absolute Gasteiger partial charge is 0.417 e. The molecule has 0 aliphatic carbocycles. The molecule has 3 aromatic carbocycles. The third-order valence-electron chi connectivity index (χ3n) is 5.94. The van der Waals surface area contributed by atoms with Gasteiger partial charge < -0.3 is 11.1 Å². The number of hydrogen-bond donors (Lipinski definition) is 2. The molecule has 1 aliphatic heterocycles. The van der Waals surface area contributed by atoms with Crippen LogP contribution in [-0.2, 0) is 6.18 Å². The summed E-state index contributed by atoms with van der Waals surface area (Å²) >= 11 is 6.28. The van der Waals surface area contributed by atoms with Crippen molar-refractivity contribution in [3.63, 3.8) is 0 Å². The maximum absolute atomic E-state index is 14.2. The van der Waals surface area contributed by atoms with Crippen molar-refractivity contribution in [1.82, 2.24) is 10.3 Å². The number of nitrogens with two attached hydrogens (primary N) is 1. The highest BCUT2D eigenvalue weighted by molar-refractivity contribution is 6.31. The molecular formula is C25H13ClF5N3O2. The topological polar surface area (TPSA) is 85.1 Å². The summed E-state index contributed by atoms with van der Waals surface area (Å²) in [7, 11) is 0. The Hall–Kier alpha value is -4.05. The smallest absolute Gasteiger partial charge is 0.366 e. The number of amides is 2. The van der Waals surface area contributed by atoms with Gasteiger partial charge in [-0.1, -0.05) is 17.7 Å². The van der Waals surface area contributed by atoms with Crippen molar-refractivity contribution >= 4 is 34.3 Å². The summed E-state index contributed by atoms with van der Waals surface area (Å²) in [6.07, 6.45) is -3.70. The molecule has 1 aliphatic rings. The van der Waals surface area contributed by atoms with E-state index in [4.69, 9.17) is 17.3 Å². The van der Waals surface area contributed by atoms with Gasteiger partial charge in [0.25, 0.3) is 5.91 Å². The van der Waals surface area contributed by atoms with Crippen molar-refractivity contribution in [2.24, 2.45) is 5.73 Å². The van der Waals surface area contributed by atoms with Crippen LogP contribution in [0.2, 0.25) is 5.02 Å². The molecule has 3 N–H and O–H groups in total. The number of alkyl halides is 3. The highest BCUT2D eigenvalue weighted by Gasteiger charge is 2.41. The van der Waals surface area contributed by atoms with E-state index in [1.165, 1.54) is 30.5 Å². The van der Waals surface area contributed by atoms with E-state index in [0.717, 1.165) is 12.1 Å². The molecule has 1 atom stereocenters. The Morgan fingerprint density at radius 2 is 1.78 bits per heavy atom. The third kappa shape index (κ3) is 3.74. The standard InChI is InChI=1S/C25H13ClF5N3O2/c26-17-4-3-11(27)7-13(17)22-19-14(6-10-2-1-5-33-21(10)20(19)24(36)34-22)18-15(23(32)35)8-12(28)9-16(18)25(29,30)31/h1-9,22H,(H2,32,35)(H,34,36). The summed E-state index contributed by atoms with van der Waals surface area (Å²) in [5.74, 6) is -4.03. The third-order valence-corrected chi connectivity index (χ3v) is 6.28. The zero-order chi connectivity index (χ0) is 25.9. The SMILES string of the molecule is NC(=O)c1cc(F)cc(C(F)(F)F)c1-c1cc2cccnc2c2c1C(c1cc(F)ccc1Cl)NC2=O. The van der Waals surface area contributed by atoms with Crippen LogP contribution in [0.5, 0.6) is 0 Å². The van der Waals surface area contributed by atoms with Crippen molar-refractivity contribution in [3.8, 4) is 11.1 Å². The summed E-state index contributed by atoms with van der Waals surface area (Å²) < 4.78 is 70.8. The maximum Gasteiger partial charge on any atom is 0.417 e. The van der Waals surface area contributed by atoms with Crippen LogP contribution in [0.4, 0.5) is 22.0 Å². The van der Waals surface area contributed by atoms with Gasteiger partial charge in [0.2, 0.25) is 5.91 Å². The number of hydrogen-bond acceptors (Lipinski definition) is 3. The van der Waals surface area contributed by atoms with Gasteiger partial charge in [-0.3, -0.25) is 14.6 Å². The van der Waals surface area contributed by atoms with Crippen molar-refractivity contribution in [2.45, 2.75) is 12.2 Å². The van der Waals surface area contributed by atoms with E-state index in [1.807, 2.05) is 0 Å². The van der Waals surface area contributed by atoms with Crippen LogP contribution in [0.25, 0.3) is 22.0 Å². The Kier molecular flexibility index (Phi) is 5.44. The number of halogens is 6. The molecule has 0 radical (unpaired) electrons. The van der Waals surface area contributed by atoms with Gasteiger partial charge in [-0.15, -0.1) is 0 Å². The molecule has 4 aromatic rings. The van der Waals surface area contributed by atoms with Crippen LogP contribution in [0.3, 0.4) is 0 Å². The minimum atomic E-state index is -5.10. The second kappa shape index (κ2) is 8.27. The lowest BCUT2D eigenvalue weighted by Crippen LogP contribution is -2.21. The van der Waals surface area contributed by atoms with Crippen LogP contribution in [0, 0.1) is 11.6 Å². The molecule has 0 spiro atoms. The normalized spacial score (nSPS) is 15.2. The predicted octanol–water partition coefficient (Wildman–Crippen LogP) is 5.78. The molecule has 1 aromatic heterocycles. The Morgan fingerprint density at radius 1 is 1.03 bits per heavy atom. The van der Waals surface area contributed by atoms with E-state index in [-0.39, 0.29) is 44.2 Å². The monoisotopic (exact) mass is 517 g/mol. The average molecular weight is 518 g/mol. The molecule has 182 valence electrons. The van der Waals surface area contributed by atoms with Crippen molar-refractivity contribution in [2.75, 3.05) is 0 Å². The Labute approximate surface area is 204 Å². The van der Waals surface area contributed by atoms with E-state index in [0.29, 0.717) is 6.07 Å². The van der Waals surface area contributed by atoms with E-state index >= 15 is 0 Å². The quantitative estimate of drug-likeness (QED) is 0.338. The summed E-state index contributed by atoms with van der Waals surface area (Å²) in [5.41, 5.74) is 2.34. The lowest BCUT2D eigenvalue weighted by atomic mass is 9.84. The van der Waals surface area contributed by atoms with Crippen LogP contribution in [0.1, 0.15) is 43.4 Å². The van der Waals surface area contributed by atoms with Crippen molar-refractivity contribution in [1.29, 1.82) is 0 Å². The molecule has 5 nitrogen and oxygen atoms in total. The molecule has 2 amide bonds. The van der Waals surface area contributed by atoms with Gasteiger partial charge in [-0.2, -0.15) is 13.2 Å². The molecule has 0 saturated heterocycles. The van der Waals surface area contributed by atoms with Crippen molar-refractivity contribution in [3.05, 3.63) is 99.2 Å². The van der Waals surface area contributed by atoms with E-state index in [2.05, 4.69) is 10.3 Å². The number of fused-ring (bicyclic) bond motifs is 3. The van der Waals surface area contributed by atoms with Crippen molar-refractivity contribution < 1.29 is 31.5 Å². The van der Waals surface area contributed by atoms with Gasteiger partial charge >= 0.3 is 6.18 Å². The first-order chi connectivity index (χ1) is 17.0. The number of pyridine rings is 1. The number of rotatable bonds is 3. The van der Waals surface area contributed by atoms with Gasteiger partial charge in [0, 0.05) is 33.3 Å². The lowest BCUT2D eigenvalue weighted by Gasteiger charge is -2.22. The molecule has 36 heavy (non-hydrogen) atoms. The number of carbonyl (C=O) groups excluding carboxylic acids is 2. The number of aromatic nitrogens is 1. The first-order valence-corrected chi connectivity index (χ1v) is 10.7. The molecule has 5 rings (SSSR count).